The van der Waals surface area contributed by atoms with E-state index < -0.39 is 0 Å². The molecule has 0 saturated carbocycles. The van der Waals surface area contributed by atoms with Crippen molar-refractivity contribution in [1.29, 1.82) is 0 Å². The Balaban J connectivity index is 0. The van der Waals surface area contributed by atoms with Gasteiger partial charge in [-0.3, -0.25) is 0 Å². The van der Waals surface area contributed by atoms with Gasteiger partial charge in [-0.15, -0.1) is 0 Å². The van der Waals surface area contributed by atoms with Crippen molar-refractivity contribution in [3.05, 3.63) is 0 Å². The molecule has 0 heterocycles. The van der Waals surface area contributed by atoms with Gasteiger partial charge in [0.15, 0.2) is 0 Å². The molecule has 4 heavy (non-hydrogen) atoms. The molecule has 0 nitrogen and oxygen atoms in total. The molecule has 0 aromatic carbocycles. The SMILES string of the molecule is C[B]C.[B]. The molecule has 20 valence electrons. The van der Waals surface area contributed by atoms with Crippen molar-refractivity contribution in [2.75, 3.05) is 0 Å². The van der Waals surface area contributed by atoms with Crippen LogP contribution in [0, 0.1) is 0 Å². The molecule has 0 amide bonds. The highest BCUT2D eigenvalue weighted by atomic mass is 12.9. The first-order valence-corrected chi connectivity index (χ1v) is 1.15. The number of hydrogen-bond donors (Lipinski definition) is 0. The van der Waals surface area contributed by atoms with Crippen LogP contribution in [0.15, 0.2) is 0 Å². The van der Waals surface area contributed by atoms with Gasteiger partial charge in [0.05, 0.1) is 0 Å². The van der Waals surface area contributed by atoms with Gasteiger partial charge < -0.3 is 0 Å². The molecule has 0 aromatic heterocycles. The Morgan fingerprint density at radius 2 is 1.25 bits per heavy atom. The molecular weight excluding hydrogens is 45.6 g/mol. The molecular formula is C2H6B2. The molecule has 2 heteroatoms. The van der Waals surface area contributed by atoms with Gasteiger partial charge in [0.25, 0.3) is 0 Å². The van der Waals surface area contributed by atoms with Gasteiger partial charge in [0.1, 0.15) is 7.28 Å². The van der Waals surface area contributed by atoms with Crippen molar-refractivity contribution in [3.8, 4) is 0 Å². The number of hydrogen-bond acceptors (Lipinski definition) is 0. The minimum absolute atomic E-state index is 0. The van der Waals surface area contributed by atoms with Gasteiger partial charge in [0, 0.05) is 8.41 Å². The second kappa shape index (κ2) is 11.1. The third kappa shape index (κ3) is 161. The second-order valence-corrected chi connectivity index (χ2v) is 0.577. The van der Waals surface area contributed by atoms with Crippen LogP contribution in [-0.2, 0) is 0 Å². The van der Waals surface area contributed by atoms with Crippen LogP contribution in [0.3, 0.4) is 0 Å². The predicted molar refractivity (Wildman–Crippen MR) is 23.2 cm³/mol. The van der Waals surface area contributed by atoms with Crippen molar-refractivity contribution in [2.45, 2.75) is 13.6 Å². The largest absolute Gasteiger partial charge is 0.102 e. The summed E-state index contributed by atoms with van der Waals surface area (Å²) in [6, 6.07) is 0. The molecule has 0 unspecified atom stereocenters. The Morgan fingerprint density at radius 3 is 1.25 bits per heavy atom. The Morgan fingerprint density at radius 1 is 1.25 bits per heavy atom. The first-order chi connectivity index (χ1) is 1.41. The van der Waals surface area contributed by atoms with Crippen molar-refractivity contribution in [3.63, 3.8) is 0 Å². The van der Waals surface area contributed by atoms with Crippen LogP contribution >= 0.6 is 0 Å². The summed E-state index contributed by atoms with van der Waals surface area (Å²) in [6.45, 7) is 4.00. The van der Waals surface area contributed by atoms with Crippen molar-refractivity contribution in [1.82, 2.24) is 0 Å². The van der Waals surface area contributed by atoms with E-state index in [1.165, 1.54) is 0 Å². The molecule has 0 spiro atoms. The van der Waals surface area contributed by atoms with E-state index in [4.69, 9.17) is 0 Å². The lowest BCUT2D eigenvalue weighted by Gasteiger charge is -1.41. The average Bonchev–Trinajstić information content (AvgIpc) is 0.918. The Bertz CT molecular complexity index is 4.00. The van der Waals surface area contributed by atoms with Crippen molar-refractivity contribution in [2.24, 2.45) is 0 Å². The van der Waals surface area contributed by atoms with Crippen LogP contribution in [0.25, 0.3) is 0 Å². The van der Waals surface area contributed by atoms with Gasteiger partial charge >= 0.3 is 0 Å². The molecule has 0 bridgehead atoms. The summed E-state index contributed by atoms with van der Waals surface area (Å²) in [4.78, 5) is 0. The normalized spacial score (nSPS) is 3.50. The van der Waals surface area contributed by atoms with Crippen LogP contribution < -0.4 is 0 Å². The number of rotatable bonds is 0. The minimum Gasteiger partial charge on any atom is -0.0922 e. The quantitative estimate of drug-likeness (QED) is 0.350. The molecule has 0 atom stereocenters. The van der Waals surface area contributed by atoms with E-state index in [1.54, 1.807) is 0 Å². The molecule has 0 saturated heterocycles. The third-order valence-electron chi connectivity index (χ3n) is 0. The van der Waals surface area contributed by atoms with Gasteiger partial charge in [-0.25, -0.2) is 0 Å². The van der Waals surface area contributed by atoms with Gasteiger partial charge in [-0.05, 0) is 0 Å². The Kier molecular flexibility index (Phi) is 24.8. The standard InChI is InChI=1S/C2H6B.B/c1-3-2;/h1-2H3;. The van der Waals surface area contributed by atoms with Crippen molar-refractivity contribution >= 4 is 15.7 Å². The maximum Gasteiger partial charge on any atom is 0.102 e. The lowest BCUT2D eigenvalue weighted by Crippen LogP contribution is -1.53. The van der Waals surface area contributed by atoms with Crippen LogP contribution in [-0.4, -0.2) is 15.7 Å². The van der Waals surface area contributed by atoms with E-state index in [1.807, 2.05) is 20.9 Å². The summed E-state index contributed by atoms with van der Waals surface area (Å²) < 4.78 is 0. The van der Waals surface area contributed by atoms with E-state index >= 15 is 0 Å². The van der Waals surface area contributed by atoms with E-state index in [-0.39, 0.29) is 8.41 Å². The first kappa shape index (κ1) is 8.92. The maximum absolute atomic E-state index is 2.00. The molecule has 0 fully saturated rings. The fraction of sp³-hybridized carbons (Fsp3) is 1.00. The van der Waals surface area contributed by atoms with Crippen LogP contribution in [0.4, 0.5) is 0 Å². The lowest BCUT2D eigenvalue weighted by atomic mass is 9.88. The lowest BCUT2D eigenvalue weighted by molar-refractivity contribution is 2.14. The van der Waals surface area contributed by atoms with E-state index in [0.717, 1.165) is 0 Å². The zero-order valence-electron chi connectivity index (χ0n) is 3.15. The van der Waals surface area contributed by atoms with Crippen LogP contribution in [0.2, 0.25) is 13.6 Å². The molecule has 4 radical (unpaired) electrons. The summed E-state index contributed by atoms with van der Waals surface area (Å²) in [6.07, 6.45) is 0. The van der Waals surface area contributed by atoms with Crippen LogP contribution in [0.5, 0.6) is 0 Å². The fourth-order valence-corrected chi connectivity index (χ4v) is 0. The smallest absolute Gasteiger partial charge is 0.0922 e. The minimum atomic E-state index is 0. The average molecular weight is 51.7 g/mol. The zero-order valence-corrected chi connectivity index (χ0v) is 3.15. The summed E-state index contributed by atoms with van der Waals surface area (Å²) in [5.41, 5.74) is 0. The maximum atomic E-state index is 2.00. The third-order valence-corrected chi connectivity index (χ3v) is 0. The summed E-state index contributed by atoms with van der Waals surface area (Å²) >= 11 is 0. The molecule has 0 aliphatic carbocycles. The predicted octanol–water partition coefficient (Wildman–Crippen LogP) is 0.406. The highest BCUT2D eigenvalue weighted by molar-refractivity contribution is 6.31. The van der Waals surface area contributed by atoms with Crippen molar-refractivity contribution < 1.29 is 0 Å². The molecule has 0 rings (SSSR count). The highest BCUT2D eigenvalue weighted by Crippen LogP contribution is 1.36. The highest BCUT2D eigenvalue weighted by Gasteiger charge is 1.42. The van der Waals surface area contributed by atoms with Gasteiger partial charge in [-0.2, -0.15) is 0 Å². The summed E-state index contributed by atoms with van der Waals surface area (Å²) in [5.74, 6) is 0. The second-order valence-electron chi connectivity index (χ2n) is 0.577. The topological polar surface area (TPSA) is 0 Å². The molecule has 0 aromatic rings. The van der Waals surface area contributed by atoms with Crippen LogP contribution in [0.1, 0.15) is 0 Å². The zero-order chi connectivity index (χ0) is 2.71. The summed E-state index contributed by atoms with van der Waals surface area (Å²) in [5, 5.41) is 0. The van der Waals surface area contributed by atoms with Gasteiger partial charge in [0.2, 0.25) is 0 Å². The first-order valence-electron chi connectivity index (χ1n) is 1.15. The molecule has 0 N–H and O–H groups in total. The van der Waals surface area contributed by atoms with E-state index in [2.05, 4.69) is 0 Å². The summed E-state index contributed by atoms with van der Waals surface area (Å²) in [7, 11) is 2.00. The Labute approximate surface area is 30.4 Å². The monoisotopic (exact) mass is 52.1 g/mol. The van der Waals surface area contributed by atoms with Gasteiger partial charge in [-0.1, -0.05) is 13.6 Å². The molecule has 0 aliphatic heterocycles. The van der Waals surface area contributed by atoms with E-state index in [9.17, 15) is 0 Å². The molecule has 0 aliphatic rings. The Hall–Kier alpha value is 0.130. The van der Waals surface area contributed by atoms with E-state index in [0.29, 0.717) is 0 Å². The fourth-order valence-electron chi connectivity index (χ4n) is 0.